The van der Waals surface area contributed by atoms with Gasteiger partial charge in [-0.05, 0) is 38.1 Å². The van der Waals surface area contributed by atoms with Gasteiger partial charge in [-0.3, -0.25) is 0 Å². The Hall–Kier alpha value is -1.88. The highest BCUT2D eigenvalue weighted by Crippen LogP contribution is 2.24. The topological polar surface area (TPSA) is 54.8 Å². The lowest BCUT2D eigenvalue weighted by Crippen LogP contribution is -2.27. The minimum absolute atomic E-state index is 0.589. The molecule has 3 heterocycles. The average Bonchev–Trinajstić information content (AvgIpc) is 2.92. The van der Waals surface area contributed by atoms with E-state index in [4.69, 9.17) is 4.98 Å². The van der Waals surface area contributed by atoms with Crippen LogP contribution in [0.15, 0.2) is 30.6 Å². The molecule has 1 aliphatic heterocycles. The number of anilines is 1. The summed E-state index contributed by atoms with van der Waals surface area (Å²) in [4.78, 5) is 9.06. The summed E-state index contributed by atoms with van der Waals surface area (Å²) < 4.78 is 2.02. The SMILES string of the molecule is Cn1ccnc1CNc1cccc(C2CCNCC2)n1. The van der Waals surface area contributed by atoms with E-state index in [1.165, 1.54) is 18.5 Å². The Labute approximate surface area is 119 Å². The molecule has 0 aliphatic carbocycles. The van der Waals surface area contributed by atoms with Gasteiger partial charge in [-0.2, -0.15) is 0 Å². The van der Waals surface area contributed by atoms with Crippen molar-refractivity contribution in [3.63, 3.8) is 0 Å². The first-order valence-electron chi connectivity index (χ1n) is 7.20. The zero-order chi connectivity index (χ0) is 13.8. The van der Waals surface area contributed by atoms with Crippen LogP contribution in [-0.4, -0.2) is 27.6 Å². The van der Waals surface area contributed by atoms with Gasteiger partial charge in [0.1, 0.15) is 11.6 Å². The smallest absolute Gasteiger partial charge is 0.127 e. The molecule has 0 saturated carbocycles. The van der Waals surface area contributed by atoms with E-state index < -0.39 is 0 Å². The molecule has 5 nitrogen and oxygen atoms in total. The van der Waals surface area contributed by atoms with E-state index >= 15 is 0 Å². The molecule has 2 aromatic rings. The lowest BCUT2D eigenvalue weighted by Gasteiger charge is -2.22. The third kappa shape index (κ3) is 2.99. The van der Waals surface area contributed by atoms with Crippen LogP contribution in [0, 0.1) is 0 Å². The van der Waals surface area contributed by atoms with Gasteiger partial charge in [0.25, 0.3) is 0 Å². The van der Waals surface area contributed by atoms with Gasteiger partial charge in [0.2, 0.25) is 0 Å². The van der Waals surface area contributed by atoms with Gasteiger partial charge in [0.15, 0.2) is 0 Å². The van der Waals surface area contributed by atoms with Crippen molar-refractivity contribution < 1.29 is 0 Å². The van der Waals surface area contributed by atoms with Gasteiger partial charge in [0, 0.05) is 31.1 Å². The van der Waals surface area contributed by atoms with E-state index in [1.807, 2.05) is 30.1 Å². The number of nitrogens with zero attached hydrogens (tertiary/aromatic N) is 3. The average molecular weight is 271 g/mol. The predicted octanol–water partition coefficient (Wildman–Crippen LogP) is 1.89. The number of hydrogen-bond donors (Lipinski definition) is 2. The second-order valence-corrected chi connectivity index (χ2v) is 5.28. The van der Waals surface area contributed by atoms with Crippen LogP contribution in [0.25, 0.3) is 0 Å². The summed E-state index contributed by atoms with van der Waals surface area (Å²) in [6.07, 6.45) is 6.12. The van der Waals surface area contributed by atoms with Crippen LogP contribution in [-0.2, 0) is 13.6 Å². The van der Waals surface area contributed by atoms with Crippen molar-refractivity contribution in [2.24, 2.45) is 7.05 Å². The number of aryl methyl sites for hydroxylation is 1. The highest BCUT2D eigenvalue weighted by atomic mass is 15.1. The molecule has 0 bridgehead atoms. The van der Waals surface area contributed by atoms with E-state index in [9.17, 15) is 0 Å². The van der Waals surface area contributed by atoms with E-state index in [0.29, 0.717) is 12.5 Å². The molecule has 0 radical (unpaired) electrons. The van der Waals surface area contributed by atoms with Crippen LogP contribution in [0.2, 0.25) is 0 Å². The highest BCUT2D eigenvalue weighted by Gasteiger charge is 2.16. The van der Waals surface area contributed by atoms with Crippen molar-refractivity contribution in [1.29, 1.82) is 0 Å². The van der Waals surface area contributed by atoms with E-state index in [0.717, 1.165) is 24.7 Å². The molecule has 5 heteroatoms. The van der Waals surface area contributed by atoms with E-state index in [1.54, 1.807) is 0 Å². The van der Waals surface area contributed by atoms with Crippen molar-refractivity contribution in [3.8, 4) is 0 Å². The van der Waals surface area contributed by atoms with Crippen LogP contribution in [0.3, 0.4) is 0 Å². The molecular weight excluding hydrogens is 250 g/mol. The summed E-state index contributed by atoms with van der Waals surface area (Å²) in [5.74, 6) is 2.54. The number of imidazole rings is 1. The molecule has 1 fully saturated rings. The Kier molecular flexibility index (Phi) is 3.97. The first kappa shape index (κ1) is 13.1. The summed E-state index contributed by atoms with van der Waals surface area (Å²) in [5.41, 5.74) is 1.20. The third-order valence-corrected chi connectivity index (χ3v) is 3.88. The summed E-state index contributed by atoms with van der Waals surface area (Å²) >= 11 is 0. The van der Waals surface area contributed by atoms with Gasteiger partial charge >= 0.3 is 0 Å². The van der Waals surface area contributed by atoms with Crippen molar-refractivity contribution in [3.05, 3.63) is 42.1 Å². The minimum atomic E-state index is 0.589. The lowest BCUT2D eigenvalue weighted by atomic mass is 9.94. The zero-order valence-electron chi connectivity index (χ0n) is 11.8. The summed E-state index contributed by atoms with van der Waals surface area (Å²) in [7, 11) is 2.00. The second-order valence-electron chi connectivity index (χ2n) is 5.28. The van der Waals surface area contributed by atoms with Gasteiger partial charge in [-0.25, -0.2) is 9.97 Å². The first-order valence-corrected chi connectivity index (χ1v) is 7.20. The molecule has 2 aromatic heterocycles. The number of pyridine rings is 1. The van der Waals surface area contributed by atoms with Crippen molar-refractivity contribution >= 4 is 5.82 Å². The third-order valence-electron chi connectivity index (χ3n) is 3.88. The minimum Gasteiger partial charge on any atom is -0.363 e. The van der Waals surface area contributed by atoms with Gasteiger partial charge < -0.3 is 15.2 Å². The van der Waals surface area contributed by atoms with Crippen molar-refractivity contribution in [2.75, 3.05) is 18.4 Å². The second kappa shape index (κ2) is 6.05. The predicted molar refractivity (Wildman–Crippen MR) is 79.6 cm³/mol. The number of nitrogens with one attached hydrogen (secondary N) is 2. The van der Waals surface area contributed by atoms with Crippen LogP contribution in [0.1, 0.15) is 30.3 Å². The van der Waals surface area contributed by atoms with Crippen molar-refractivity contribution in [1.82, 2.24) is 19.9 Å². The zero-order valence-corrected chi connectivity index (χ0v) is 11.8. The molecule has 1 saturated heterocycles. The van der Waals surface area contributed by atoms with E-state index in [-0.39, 0.29) is 0 Å². The number of piperidine rings is 1. The van der Waals surface area contributed by atoms with Crippen LogP contribution in [0.4, 0.5) is 5.82 Å². The Bertz CT molecular complexity index is 557. The molecule has 0 atom stereocenters. The molecule has 20 heavy (non-hydrogen) atoms. The molecule has 3 rings (SSSR count). The Morgan fingerprint density at radius 3 is 2.95 bits per heavy atom. The molecule has 0 unspecified atom stereocenters. The summed E-state index contributed by atoms with van der Waals surface area (Å²) in [6.45, 7) is 2.89. The van der Waals surface area contributed by atoms with E-state index in [2.05, 4.69) is 27.8 Å². The fourth-order valence-corrected chi connectivity index (χ4v) is 2.63. The maximum absolute atomic E-state index is 4.75. The Balaban J connectivity index is 1.66. The quantitative estimate of drug-likeness (QED) is 0.891. The van der Waals surface area contributed by atoms with Crippen molar-refractivity contribution in [2.45, 2.75) is 25.3 Å². The fraction of sp³-hybridized carbons (Fsp3) is 0.467. The molecular formula is C15H21N5. The Morgan fingerprint density at radius 2 is 2.20 bits per heavy atom. The summed E-state index contributed by atoms with van der Waals surface area (Å²) in [5, 5.41) is 6.75. The molecule has 0 aromatic carbocycles. The normalized spacial score (nSPS) is 16.2. The molecule has 1 aliphatic rings. The largest absolute Gasteiger partial charge is 0.363 e. The monoisotopic (exact) mass is 271 g/mol. The van der Waals surface area contributed by atoms with Crippen LogP contribution < -0.4 is 10.6 Å². The van der Waals surface area contributed by atoms with Gasteiger partial charge in [-0.15, -0.1) is 0 Å². The van der Waals surface area contributed by atoms with Crippen LogP contribution in [0.5, 0.6) is 0 Å². The number of aromatic nitrogens is 3. The highest BCUT2D eigenvalue weighted by molar-refractivity contribution is 5.36. The molecule has 0 amide bonds. The molecule has 2 N–H and O–H groups in total. The maximum atomic E-state index is 4.75. The fourth-order valence-electron chi connectivity index (χ4n) is 2.63. The van der Waals surface area contributed by atoms with Crippen LogP contribution >= 0.6 is 0 Å². The number of rotatable bonds is 4. The lowest BCUT2D eigenvalue weighted by molar-refractivity contribution is 0.453. The standard InChI is InChI=1S/C15H21N5/c1-20-10-9-17-15(20)11-18-14-4-2-3-13(19-14)12-5-7-16-8-6-12/h2-4,9-10,12,16H,5-8,11H2,1H3,(H,18,19). The van der Waals surface area contributed by atoms with Gasteiger partial charge in [0.05, 0.1) is 6.54 Å². The molecule has 106 valence electrons. The Morgan fingerprint density at radius 1 is 1.35 bits per heavy atom. The maximum Gasteiger partial charge on any atom is 0.127 e. The van der Waals surface area contributed by atoms with Gasteiger partial charge in [-0.1, -0.05) is 6.07 Å². The summed E-state index contributed by atoms with van der Waals surface area (Å²) in [6, 6.07) is 6.25. The molecule has 0 spiro atoms. The first-order chi connectivity index (χ1) is 9.83. The number of hydrogen-bond acceptors (Lipinski definition) is 4.